The first-order valence-corrected chi connectivity index (χ1v) is 12.3. The zero-order valence-corrected chi connectivity index (χ0v) is 19.5. The summed E-state index contributed by atoms with van der Waals surface area (Å²) in [7, 11) is 0. The molecule has 2 aromatic carbocycles. The van der Waals surface area contributed by atoms with Crippen LogP contribution in [0.4, 0.5) is 0 Å². The van der Waals surface area contributed by atoms with Crippen molar-refractivity contribution in [2.75, 3.05) is 32.8 Å². The van der Waals surface area contributed by atoms with E-state index < -0.39 is 0 Å². The molecule has 174 valence electrons. The zero-order chi connectivity index (χ0) is 22.5. The number of aromatic nitrogens is 4. The normalized spacial score (nSPS) is 19.1. The van der Waals surface area contributed by atoms with Crippen LogP contribution in [0, 0.1) is 0 Å². The van der Waals surface area contributed by atoms with Gasteiger partial charge >= 0.3 is 0 Å². The van der Waals surface area contributed by atoms with Crippen molar-refractivity contribution in [2.45, 2.75) is 51.2 Å². The van der Waals surface area contributed by atoms with E-state index in [2.05, 4.69) is 84.6 Å². The van der Waals surface area contributed by atoms with Gasteiger partial charge in [-0.1, -0.05) is 55.3 Å². The molecule has 1 atom stereocenters. The smallest absolute Gasteiger partial charge is 0.173 e. The average molecular weight is 447 g/mol. The number of piperazine rings is 1. The second kappa shape index (κ2) is 10.4. The van der Waals surface area contributed by atoms with E-state index in [1.54, 1.807) is 0 Å². The van der Waals surface area contributed by atoms with E-state index in [1.807, 2.05) is 6.92 Å². The highest BCUT2D eigenvalue weighted by molar-refractivity contribution is 5.32. The quantitative estimate of drug-likeness (QED) is 0.519. The molecule has 7 nitrogen and oxygen atoms in total. The molecule has 0 spiro atoms. The predicted molar refractivity (Wildman–Crippen MR) is 128 cm³/mol. The van der Waals surface area contributed by atoms with Crippen LogP contribution in [0.25, 0.3) is 0 Å². The summed E-state index contributed by atoms with van der Waals surface area (Å²) in [5, 5.41) is 13.2. The van der Waals surface area contributed by atoms with E-state index >= 15 is 0 Å². The first-order chi connectivity index (χ1) is 16.3. The maximum absolute atomic E-state index is 5.69. The Morgan fingerprint density at radius 1 is 0.939 bits per heavy atom. The fourth-order valence-electron chi connectivity index (χ4n) is 5.25. The maximum atomic E-state index is 5.69. The minimum absolute atomic E-state index is 0.0511. The monoisotopic (exact) mass is 446 g/mol. The number of hydrogen-bond acceptors (Lipinski definition) is 6. The minimum atomic E-state index is 0.0511. The van der Waals surface area contributed by atoms with Crippen molar-refractivity contribution in [3.8, 4) is 5.75 Å². The molecule has 1 unspecified atom stereocenters. The van der Waals surface area contributed by atoms with Gasteiger partial charge in [0.05, 0.1) is 18.7 Å². The Bertz CT molecular complexity index is 991. The highest BCUT2D eigenvalue weighted by Crippen LogP contribution is 2.35. The Balaban J connectivity index is 1.37. The Morgan fingerprint density at radius 3 is 2.36 bits per heavy atom. The number of hydrogen-bond donors (Lipinski definition) is 0. The SMILES string of the molecule is CCOc1ccc(C(c2nnnn2C2CCCC2)N2CCN(Cc3ccccc3)CC2)cc1. The molecule has 1 aliphatic heterocycles. The van der Waals surface area contributed by atoms with Crippen LogP contribution in [0.15, 0.2) is 54.6 Å². The largest absolute Gasteiger partial charge is 0.494 e. The van der Waals surface area contributed by atoms with Gasteiger partial charge in [-0.15, -0.1) is 5.10 Å². The fourth-order valence-corrected chi connectivity index (χ4v) is 5.25. The summed E-state index contributed by atoms with van der Waals surface area (Å²) in [5.41, 5.74) is 2.60. The van der Waals surface area contributed by atoms with E-state index in [1.165, 1.54) is 36.8 Å². The van der Waals surface area contributed by atoms with Crippen molar-refractivity contribution in [1.29, 1.82) is 0 Å². The molecule has 2 heterocycles. The molecule has 1 saturated carbocycles. The van der Waals surface area contributed by atoms with Crippen LogP contribution in [0.5, 0.6) is 5.75 Å². The summed E-state index contributed by atoms with van der Waals surface area (Å²) in [4.78, 5) is 5.09. The molecular formula is C26H34N6O. The number of nitrogens with zero attached hydrogens (tertiary/aromatic N) is 6. The van der Waals surface area contributed by atoms with E-state index in [0.717, 1.165) is 44.3 Å². The van der Waals surface area contributed by atoms with Crippen LogP contribution < -0.4 is 4.74 Å². The molecule has 0 N–H and O–H groups in total. The van der Waals surface area contributed by atoms with Gasteiger partial charge in [0.2, 0.25) is 0 Å². The van der Waals surface area contributed by atoms with Crippen LogP contribution in [0.1, 0.15) is 61.6 Å². The van der Waals surface area contributed by atoms with Crippen molar-refractivity contribution >= 4 is 0 Å². The third-order valence-corrected chi connectivity index (χ3v) is 6.96. The van der Waals surface area contributed by atoms with Crippen molar-refractivity contribution < 1.29 is 4.74 Å². The zero-order valence-electron chi connectivity index (χ0n) is 19.5. The average Bonchev–Trinajstić information content (AvgIpc) is 3.55. The topological polar surface area (TPSA) is 59.3 Å². The number of ether oxygens (including phenoxy) is 1. The van der Waals surface area contributed by atoms with Gasteiger partial charge in [-0.2, -0.15) is 0 Å². The van der Waals surface area contributed by atoms with Crippen LogP contribution in [-0.2, 0) is 6.54 Å². The summed E-state index contributed by atoms with van der Waals surface area (Å²) in [6.07, 6.45) is 4.85. The summed E-state index contributed by atoms with van der Waals surface area (Å²) in [5.74, 6) is 1.88. The van der Waals surface area contributed by atoms with Crippen LogP contribution >= 0.6 is 0 Å². The molecule has 2 aliphatic rings. The third kappa shape index (κ3) is 5.09. The van der Waals surface area contributed by atoms with Gasteiger partial charge in [0.25, 0.3) is 0 Å². The molecule has 7 heteroatoms. The highest BCUT2D eigenvalue weighted by atomic mass is 16.5. The van der Waals surface area contributed by atoms with Crippen LogP contribution in [0.3, 0.4) is 0 Å². The standard InChI is InChI=1S/C26H34N6O/c1-2-33-24-14-12-22(13-15-24)25(26-27-28-29-32(26)23-10-6-7-11-23)31-18-16-30(17-19-31)20-21-8-4-3-5-9-21/h3-5,8-9,12-15,23,25H,2,6-7,10-11,16-20H2,1H3. The Labute approximate surface area is 196 Å². The Morgan fingerprint density at radius 2 is 1.67 bits per heavy atom. The van der Waals surface area contributed by atoms with Crippen LogP contribution in [0.2, 0.25) is 0 Å². The van der Waals surface area contributed by atoms with E-state index in [0.29, 0.717) is 12.6 Å². The lowest BCUT2D eigenvalue weighted by Gasteiger charge is -2.39. The van der Waals surface area contributed by atoms with Gasteiger partial charge in [-0.25, -0.2) is 4.68 Å². The van der Waals surface area contributed by atoms with E-state index in [9.17, 15) is 0 Å². The lowest BCUT2D eigenvalue weighted by atomic mass is 10.0. The van der Waals surface area contributed by atoms with E-state index in [-0.39, 0.29) is 6.04 Å². The predicted octanol–water partition coefficient (Wildman–Crippen LogP) is 4.09. The van der Waals surface area contributed by atoms with Gasteiger partial charge in [0.1, 0.15) is 5.75 Å². The second-order valence-corrected chi connectivity index (χ2v) is 9.12. The first kappa shape index (κ1) is 22.0. The highest BCUT2D eigenvalue weighted by Gasteiger charge is 2.33. The molecule has 0 amide bonds. The summed E-state index contributed by atoms with van der Waals surface area (Å²) >= 11 is 0. The molecule has 1 aromatic heterocycles. The second-order valence-electron chi connectivity index (χ2n) is 9.12. The lowest BCUT2D eigenvalue weighted by molar-refractivity contribution is 0.0993. The van der Waals surface area contributed by atoms with Gasteiger partial charge in [0, 0.05) is 32.7 Å². The molecule has 0 bridgehead atoms. The molecule has 0 radical (unpaired) electrons. The fraction of sp³-hybridized carbons (Fsp3) is 0.500. The lowest BCUT2D eigenvalue weighted by Crippen LogP contribution is -2.48. The van der Waals surface area contributed by atoms with E-state index in [4.69, 9.17) is 4.74 Å². The minimum Gasteiger partial charge on any atom is -0.494 e. The third-order valence-electron chi connectivity index (χ3n) is 6.96. The van der Waals surface area contributed by atoms with Gasteiger partial charge in [-0.05, 0) is 53.5 Å². The van der Waals surface area contributed by atoms with Crippen molar-refractivity contribution in [2.24, 2.45) is 0 Å². The Hall–Kier alpha value is -2.77. The summed E-state index contributed by atoms with van der Waals surface area (Å²) < 4.78 is 7.80. The summed E-state index contributed by atoms with van der Waals surface area (Å²) in [6, 6.07) is 19.7. The number of benzene rings is 2. The number of rotatable bonds is 8. The molecule has 5 rings (SSSR count). The van der Waals surface area contributed by atoms with Crippen molar-refractivity contribution in [1.82, 2.24) is 30.0 Å². The number of tetrazole rings is 1. The van der Waals surface area contributed by atoms with Crippen molar-refractivity contribution in [3.63, 3.8) is 0 Å². The molecule has 33 heavy (non-hydrogen) atoms. The van der Waals surface area contributed by atoms with Crippen molar-refractivity contribution in [3.05, 3.63) is 71.5 Å². The summed E-state index contributed by atoms with van der Waals surface area (Å²) in [6.45, 7) is 7.74. The molecule has 1 saturated heterocycles. The maximum Gasteiger partial charge on any atom is 0.173 e. The first-order valence-electron chi connectivity index (χ1n) is 12.3. The molecule has 3 aromatic rings. The Kier molecular flexibility index (Phi) is 6.98. The molecule has 2 fully saturated rings. The van der Waals surface area contributed by atoms with Crippen LogP contribution in [-0.4, -0.2) is 62.8 Å². The van der Waals surface area contributed by atoms with Gasteiger partial charge in [0.15, 0.2) is 5.82 Å². The molecular weight excluding hydrogens is 412 g/mol. The van der Waals surface area contributed by atoms with Gasteiger partial charge in [-0.3, -0.25) is 9.80 Å². The molecule has 1 aliphatic carbocycles. The van der Waals surface area contributed by atoms with Gasteiger partial charge < -0.3 is 4.74 Å².